The summed E-state index contributed by atoms with van der Waals surface area (Å²) in [4.78, 5) is 6.51. The maximum Gasteiger partial charge on any atom is 0.137 e. The van der Waals surface area contributed by atoms with Gasteiger partial charge in [-0.05, 0) is 35.2 Å². The van der Waals surface area contributed by atoms with Crippen LogP contribution in [-0.4, -0.2) is 26.5 Å². The average molecular weight is 401 g/mol. The first-order valence-electron chi connectivity index (χ1n) is 9.76. The number of nitrogens with one attached hydrogen (secondary N) is 1. The zero-order valence-corrected chi connectivity index (χ0v) is 16.7. The number of hydrogen-bond donors (Lipinski definition) is 2. The number of nitrogens with zero attached hydrogens (tertiary/aromatic N) is 3. The first-order chi connectivity index (χ1) is 14.4. The van der Waals surface area contributed by atoms with Crippen LogP contribution in [0.25, 0.3) is 16.6 Å². The minimum Gasteiger partial charge on any atom is -0.361 e. The second kappa shape index (κ2) is 8.03. The molecule has 0 radical (unpaired) electrons. The summed E-state index contributed by atoms with van der Waals surface area (Å²) in [6, 6.07) is 22.9. The zero-order valence-electron chi connectivity index (χ0n) is 15.9. The molecule has 0 bridgehead atoms. The van der Waals surface area contributed by atoms with E-state index in [9.17, 15) is 0 Å². The third-order valence-electron chi connectivity index (χ3n) is 5.17. The molecule has 3 heterocycles. The van der Waals surface area contributed by atoms with Crippen LogP contribution in [0.4, 0.5) is 0 Å². The number of hydrogen-bond acceptors (Lipinski definition) is 3. The zero-order chi connectivity index (χ0) is 19.5. The molecule has 0 aliphatic heterocycles. The Hall–Kier alpha value is -3.22. The summed E-state index contributed by atoms with van der Waals surface area (Å²) >= 11 is 1.82. The molecule has 5 rings (SSSR count). The molecule has 0 aliphatic rings. The normalized spacial score (nSPS) is 12.4. The summed E-state index contributed by atoms with van der Waals surface area (Å²) < 4.78 is 0. The Kier molecular flexibility index (Phi) is 4.94. The summed E-state index contributed by atoms with van der Waals surface area (Å²) in [6.07, 6.45) is 4.02. The van der Waals surface area contributed by atoms with Crippen LogP contribution in [0.15, 0.2) is 84.5 Å². The predicted octanol–water partition coefficient (Wildman–Crippen LogP) is 3.71. The standard InChI is InChI=1S/C23H21N5S/c1-2-7-18(8-3-1)28-26-14-17(27-28)13-24-15-21(23-11-6-12-29-23)20-16-25-22-10-5-4-9-19(20)22/h1-12,14,16,21,24-25H,13,15H2/p+1/t21-/m0/s1. The Labute approximate surface area is 173 Å². The minimum absolute atomic E-state index is 0.343. The molecule has 29 heavy (non-hydrogen) atoms. The van der Waals surface area contributed by atoms with Crippen molar-refractivity contribution in [2.45, 2.75) is 12.5 Å². The molecule has 144 valence electrons. The number of fused-ring (bicyclic) bond motifs is 1. The molecule has 2 aromatic carbocycles. The van der Waals surface area contributed by atoms with E-state index in [1.54, 1.807) is 4.80 Å². The van der Waals surface area contributed by atoms with Gasteiger partial charge >= 0.3 is 0 Å². The fourth-order valence-electron chi connectivity index (χ4n) is 3.74. The van der Waals surface area contributed by atoms with E-state index in [4.69, 9.17) is 0 Å². The molecular weight excluding hydrogens is 378 g/mol. The molecule has 0 saturated heterocycles. The van der Waals surface area contributed by atoms with Gasteiger partial charge in [0, 0.05) is 22.0 Å². The number of aromatic amines is 1. The maximum absolute atomic E-state index is 4.62. The van der Waals surface area contributed by atoms with Crippen molar-refractivity contribution in [3.63, 3.8) is 0 Å². The van der Waals surface area contributed by atoms with Crippen LogP contribution in [-0.2, 0) is 6.54 Å². The first-order valence-corrected chi connectivity index (χ1v) is 10.6. The lowest BCUT2D eigenvalue weighted by molar-refractivity contribution is -0.672. The Morgan fingerprint density at radius 3 is 2.72 bits per heavy atom. The summed E-state index contributed by atoms with van der Waals surface area (Å²) in [5.74, 6) is 0.343. The molecule has 1 atom stereocenters. The minimum atomic E-state index is 0.343. The largest absolute Gasteiger partial charge is 0.361 e. The van der Waals surface area contributed by atoms with Crippen LogP contribution in [0, 0.1) is 0 Å². The monoisotopic (exact) mass is 400 g/mol. The lowest BCUT2D eigenvalue weighted by Gasteiger charge is -2.13. The highest BCUT2D eigenvalue weighted by atomic mass is 32.1. The van der Waals surface area contributed by atoms with Gasteiger partial charge in [-0.25, -0.2) is 0 Å². The molecule has 0 aliphatic carbocycles. The van der Waals surface area contributed by atoms with Gasteiger partial charge in [-0.2, -0.15) is 9.90 Å². The Balaban J connectivity index is 1.33. The molecule has 5 nitrogen and oxygen atoms in total. The quantitative estimate of drug-likeness (QED) is 0.437. The number of H-pyrrole nitrogens is 1. The van der Waals surface area contributed by atoms with E-state index in [-0.39, 0.29) is 0 Å². The SMILES string of the molecule is c1ccc(-n2ncc(C[NH2+]C[C@H](c3cccs3)c3c[nH]c4ccccc34)n2)cc1. The molecule has 0 unspecified atom stereocenters. The van der Waals surface area contributed by atoms with Gasteiger partial charge in [-0.3, -0.25) is 0 Å². The van der Waals surface area contributed by atoms with Gasteiger partial charge in [-0.15, -0.1) is 16.4 Å². The van der Waals surface area contributed by atoms with Crippen LogP contribution >= 0.6 is 11.3 Å². The molecule has 5 aromatic rings. The summed E-state index contributed by atoms with van der Waals surface area (Å²) in [6.45, 7) is 1.76. The van der Waals surface area contributed by atoms with Gasteiger partial charge in [0.25, 0.3) is 0 Å². The van der Waals surface area contributed by atoms with Crippen molar-refractivity contribution in [1.82, 2.24) is 20.0 Å². The summed E-state index contributed by atoms with van der Waals surface area (Å²) in [5.41, 5.74) is 4.51. The van der Waals surface area contributed by atoms with Crippen LogP contribution < -0.4 is 5.32 Å². The number of thiophene rings is 1. The van der Waals surface area contributed by atoms with E-state index in [1.807, 2.05) is 47.9 Å². The summed E-state index contributed by atoms with van der Waals surface area (Å²) in [5, 5.41) is 14.8. The third-order valence-corrected chi connectivity index (χ3v) is 6.15. The third kappa shape index (κ3) is 3.72. The Bertz CT molecular complexity index is 1190. The lowest BCUT2D eigenvalue weighted by Crippen LogP contribution is -2.83. The molecule has 0 saturated carbocycles. The van der Waals surface area contributed by atoms with E-state index in [2.05, 4.69) is 68.5 Å². The second-order valence-corrected chi connectivity index (χ2v) is 8.03. The Morgan fingerprint density at radius 1 is 1.00 bits per heavy atom. The van der Waals surface area contributed by atoms with Gasteiger partial charge in [0.1, 0.15) is 12.2 Å². The highest BCUT2D eigenvalue weighted by molar-refractivity contribution is 7.10. The average Bonchev–Trinajstić information content (AvgIpc) is 3.53. The molecule has 3 aromatic heterocycles. The van der Waals surface area contributed by atoms with Crippen LogP contribution in [0.5, 0.6) is 0 Å². The lowest BCUT2D eigenvalue weighted by atomic mass is 9.96. The van der Waals surface area contributed by atoms with Gasteiger partial charge in [0.05, 0.1) is 24.3 Å². The summed E-state index contributed by atoms with van der Waals surface area (Å²) in [7, 11) is 0. The van der Waals surface area contributed by atoms with E-state index in [0.29, 0.717) is 5.92 Å². The van der Waals surface area contributed by atoms with Crippen molar-refractivity contribution in [2.75, 3.05) is 6.54 Å². The van der Waals surface area contributed by atoms with Crippen molar-refractivity contribution in [3.05, 3.63) is 101 Å². The van der Waals surface area contributed by atoms with Crippen molar-refractivity contribution in [2.24, 2.45) is 0 Å². The highest BCUT2D eigenvalue weighted by Gasteiger charge is 2.21. The van der Waals surface area contributed by atoms with Crippen LogP contribution in [0.3, 0.4) is 0 Å². The van der Waals surface area contributed by atoms with Gasteiger partial charge in [0.15, 0.2) is 0 Å². The van der Waals surface area contributed by atoms with E-state index >= 15 is 0 Å². The number of nitrogens with two attached hydrogens (primary N) is 1. The number of aromatic nitrogens is 4. The number of para-hydroxylation sites is 2. The Morgan fingerprint density at radius 2 is 1.86 bits per heavy atom. The van der Waals surface area contributed by atoms with Gasteiger partial charge in [0.2, 0.25) is 0 Å². The van der Waals surface area contributed by atoms with Crippen LogP contribution in [0.1, 0.15) is 22.1 Å². The van der Waals surface area contributed by atoms with Gasteiger partial charge < -0.3 is 10.3 Å². The topological polar surface area (TPSA) is 63.1 Å². The fourth-order valence-corrected chi connectivity index (χ4v) is 4.60. The molecule has 6 heteroatoms. The van der Waals surface area contributed by atoms with E-state index in [1.165, 1.54) is 21.3 Å². The first kappa shape index (κ1) is 17.8. The van der Waals surface area contributed by atoms with E-state index < -0.39 is 0 Å². The van der Waals surface area contributed by atoms with Crippen molar-refractivity contribution in [1.29, 1.82) is 0 Å². The predicted molar refractivity (Wildman–Crippen MR) is 116 cm³/mol. The number of quaternary nitrogens is 1. The highest BCUT2D eigenvalue weighted by Crippen LogP contribution is 2.32. The van der Waals surface area contributed by atoms with Crippen molar-refractivity contribution in [3.8, 4) is 5.69 Å². The van der Waals surface area contributed by atoms with Crippen molar-refractivity contribution < 1.29 is 5.32 Å². The number of rotatable bonds is 7. The van der Waals surface area contributed by atoms with Crippen LogP contribution in [0.2, 0.25) is 0 Å². The molecule has 0 amide bonds. The fraction of sp³-hybridized carbons (Fsp3) is 0.130. The van der Waals surface area contributed by atoms with E-state index in [0.717, 1.165) is 24.5 Å². The van der Waals surface area contributed by atoms with Crippen molar-refractivity contribution >= 4 is 22.2 Å². The molecule has 0 fully saturated rings. The maximum atomic E-state index is 4.62. The smallest absolute Gasteiger partial charge is 0.137 e. The van der Waals surface area contributed by atoms with Gasteiger partial charge in [-0.1, -0.05) is 42.5 Å². The number of benzene rings is 2. The molecule has 0 spiro atoms. The molecule has 3 N–H and O–H groups in total. The molecular formula is C23H22N5S+. The second-order valence-electron chi connectivity index (χ2n) is 7.05.